The molecule has 5 N–H and O–H groups in total. The Morgan fingerprint density at radius 1 is 1.24 bits per heavy atom. The third-order valence-electron chi connectivity index (χ3n) is 4.89. The lowest BCUT2D eigenvalue weighted by Crippen LogP contribution is -2.35. The predicted octanol–water partition coefficient (Wildman–Crippen LogP) is 3.97. The van der Waals surface area contributed by atoms with Crippen LogP contribution in [0, 0.1) is 0 Å². The van der Waals surface area contributed by atoms with Crippen LogP contribution in [-0.2, 0) is 0 Å². The highest BCUT2D eigenvalue weighted by molar-refractivity contribution is 7.21. The molecule has 1 saturated heterocycles. The molecule has 2 aromatic heterocycles. The van der Waals surface area contributed by atoms with Gasteiger partial charge in [-0.1, -0.05) is 29.3 Å². The molecule has 152 valence electrons. The van der Waals surface area contributed by atoms with Gasteiger partial charge in [0.1, 0.15) is 9.71 Å². The number of nitrogens with two attached hydrogens (primary N) is 1. The first-order chi connectivity index (χ1) is 14.0. The molecule has 0 atom stereocenters. The van der Waals surface area contributed by atoms with E-state index in [1.807, 2.05) is 6.07 Å². The molecule has 0 saturated carbocycles. The number of hydrogen-bond acceptors (Lipinski definition) is 7. The minimum atomic E-state index is -0.509. The van der Waals surface area contributed by atoms with E-state index in [2.05, 4.69) is 20.9 Å². The molecule has 4 rings (SSSR count). The van der Waals surface area contributed by atoms with Gasteiger partial charge in [0.15, 0.2) is 0 Å². The van der Waals surface area contributed by atoms with E-state index in [0.29, 0.717) is 37.1 Å². The van der Waals surface area contributed by atoms with E-state index in [1.54, 1.807) is 19.2 Å². The average Bonchev–Trinajstić information content (AvgIpc) is 3.09. The Bertz CT molecular complexity index is 1080. The van der Waals surface area contributed by atoms with E-state index in [-0.39, 0.29) is 6.04 Å². The van der Waals surface area contributed by atoms with Crippen LogP contribution in [0.25, 0.3) is 21.5 Å². The minimum Gasteiger partial charge on any atom is -0.386 e. The summed E-state index contributed by atoms with van der Waals surface area (Å²) in [5, 5.41) is 11.5. The zero-order chi connectivity index (χ0) is 20.5. The normalized spacial score (nSPS) is 14.9. The maximum Gasteiger partial charge on any atom is 0.261 e. The summed E-state index contributed by atoms with van der Waals surface area (Å²) in [7, 11) is 1.74. The summed E-state index contributed by atoms with van der Waals surface area (Å²) in [5.41, 5.74) is 7.66. The van der Waals surface area contributed by atoms with Gasteiger partial charge in [0.25, 0.3) is 5.91 Å². The molecule has 1 aromatic carbocycles. The quantitative estimate of drug-likeness (QED) is 0.468. The van der Waals surface area contributed by atoms with Gasteiger partial charge >= 0.3 is 0 Å². The maximum atomic E-state index is 12.0. The number of benzene rings is 1. The zero-order valence-corrected chi connectivity index (χ0v) is 18.0. The van der Waals surface area contributed by atoms with Crippen molar-refractivity contribution in [3.05, 3.63) is 33.1 Å². The number of nitrogens with one attached hydrogen (secondary N) is 3. The highest BCUT2D eigenvalue weighted by atomic mass is 35.5. The molecule has 1 fully saturated rings. The number of carbonyl (C=O) groups excluding carboxylic acids is 1. The van der Waals surface area contributed by atoms with Crippen molar-refractivity contribution in [2.45, 2.75) is 18.9 Å². The summed E-state index contributed by atoms with van der Waals surface area (Å²) in [6, 6.07) is 5.63. The number of piperidine rings is 1. The predicted molar refractivity (Wildman–Crippen MR) is 120 cm³/mol. The number of hydrogen-bond donors (Lipinski definition) is 4. The number of thiophene rings is 1. The molecule has 0 bridgehead atoms. The van der Waals surface area contributed by atoms with Crippen molar-refractivity contribution in [2.24, 2.45) is 5.73 Å². The molecule has 3 aromatic rings. The van der Waals surface area contributed by atoms with Crippen molar-refractivity contribution in [1.82, 2.24) is 15.3 Å². The van der Waals surface area contributed by atoms with Crippen molar-refractivity contribution < 1.29 is 4.79 Å². The Morgan fingerprint density at radius 3 is 2.66 bits per heavy atom. The molecule has 0 spiro atoms. The highest BCUT2D eigenvalue weighted by Gasteiger charge is 2.23. The molecule has 29 heavy (non-hydrogen) atoms. The second-order valence-electron chi connectivity index (χ2n) is 6.79. The summed E-state index contributed by atoms with van der Waals surface area (Å²) in [5.74, 6) is 0.00991. The molecule has 0 radical (unpaired) electrons. The lowest BCUT2D eigenvalue weighted by Gasteiger charge is -2.23. The highest BCUT2D eigenvalue weighted by Crippen LogP contribution is 2.41. The third-order valence-corrected chi connectivity index (χ3v) is 6.73. The number of carbonyl (C=O) groups is 1. The van der Waals surface area contributed by atoms with Crippen LogP contribution in [0.4, 0.5) is 11.6 Å². The minimum absolute atomic E-state index is 0.287. The van der Waals surface area contributed by atoms with Crippen LogP contribution in [0.5, 0.6) is 0 Å². The first-order valence-electron chi connectivity index (χ1n) is 9.22. The van der Waals surface area contributed by atoms with Gasteiger partial charge in [-0.2, -0.15) is 0 Å². The van der Waals surface area contributed by atoms with Crippen LogP contribution >= 0.6 is 34.5 Å². The van der Waals surface area contributed by atoms with Crippen molar-refractivity contribution in [3.63, 3.8) is 0 Å². The number of primary amides is 1. The molecular weight excluding hydrogens is 431 g/mol. The standard InChI is InChI=1S/C19H20Cl2N6OS/c1-23-15-13-14(9-2-3-11(20)12(21)8-9)26-19(25-10-4-6-24-7-5-10)27-18(13)29-16(15)17(22)28/h2-3,8,10,23-24H,4-7H2,1H3,(H2,22,28)(H,25,26,27). The molecule has 1 amide bonds. The number of nitrogens with zero attached hydrogens (tertiary/aromatic N) is 2. The van der Waals surface area contributed by atoms with Gasteiger partial charge < -0.3 is 21.7 Å². The van der Waals surface area contributed by atoms with Crippen LogP contribution in [0.15, 0.2) is 18.2 Å². The molecule has 1 aliphatic heterocycles. The second-order valence-corrected chi connectivity index (χ2v) is 8.61. The number of fused-ring (bicyclic) bond motifs is 1. The lowest BCUT2D eigenvalue weighted by molar-refractivity contribution is 0.100. The fraction of sp³-hybridized carbons (Fsp3) is 0.316. The Labute approximate surface area is 182 Å². The van der Waals surface area contributed by atoms with Crippen LogP contribution in [-0.4, -0.2) is 42.1 Å². The van der Waals surface area contributed by atoms with E-state index in [1.165, 1.54) is 11.3 Å². The van der Waals surface area contributed by atoms with Gasteiger partial charge in [-0.05, 0) is 38.1 Å². The Hall–Kier alpha value is -2.13. The van der Waals surface area contributed by atoms with E-state index in [4.69, 9.17) is 33.9 Å². The summed E-state index contributed by atoms with van der Waals surface area (Å²) in [6.07, 6.45) is 1.98. The van der Waals surface area contributed by atoms with Gasteiger partial charge in [-0.25, -0.2) is 9.97 Å². The van der Waals surface area contributed by atoms with E-state index in [9.17, 15) is 4.79 Å². The van der Waals surface area contributed by atoms with E-state index in [0.717, 1.165) is 36.9 Å². The first-order valence-corrected chi connectivity index (χ1v) is 10.8. The summed E-state index contributed by atoms with van der Waals surface area (Å²) in [6.45, 7) is 1.91. The van der Waals surface area contributed by atoms with Crippen LogP contribution < -0.4 is 21.7 Å². The summed E-state index contributed by atoms with van der Waals surface area (Å²) in [4.78, 5) is 22.5. The third kappa shape index (κ3) is 3.98. The molecule has 1 aliphatic rings. The van der Waals surface area contributed by atoms with Crippen molar-refractivity contribution >= 4 is 62.3 Å². The number of halogens is 2. The summed E-state index contributed by atoms with van der Waals surface area (Å²) >= 11 is 13.6. The van der Waals surface area contributed by atoms with Crippen molar-refractivity contribution in [2.75, 3.05) is 30.8 Å². The number of amides is 1. The SMILES string of the molecule is CNc1c(C(N)=O)sc2nc(NC3CCNCC3)nc(-c3ccc(Cl)c(Cl)c3)c12. The maximum absolute atomic E-state index is 12.0. The molecule has 3 heterocycles. The van der Waals surface area contributed by atoms with Gasteiger partial charge in [0, 0.05) is 18.7 Å². The van der Waals surface area contributed by atoms with Crippen LogP contribution in [0.1, 0.15) is 22.5 Å². The van der Waals surface area contributed by atoms with Crippen LogP contribution in [0.3, 0.4) is 0 Å². The summed E-state index contributed by atoms with van der Waals surface area (Å²) < 4.78 is 0. The molecule has 10 heteroatoms. The number of rotatable bonds is 5. The van der Waals surface area contributed by atoms with Crippen molar-refractivity contribution in [1.29, 1.82) is 0 Å². The van der Waals surface area contributed by atoms with Gasteiger partial charge in [-0.3, -0.25) is 4.79 Å². The topological polar surface area (TPSA) is 105 Å². The lowest BCUT2D eigenvalue weighted by atomic mass is 10.1. The zero-order valence-electron chi connectivity index (χ0n) is 15.7. The van der Waals surface area contributed by atoms with Gasteiger partial charge in [0.05, 0.1) is 26.8 Å². The molecule has 7 nitrogen and oxygen atoms in total. The molecule has 0 aliphatic carbocycles. The number of anilines is 2. The van der Waals surface area contributed by atoms with Gasteiger partial charge in [0.2, 0.25) is 5.95 Å². The smallest absolute Gasteiger partial charge is 0.261 e. The first kappa shape index (κ1) is 20.2. The van der Waals surface area contributed by atoms with Crippen LogP contribution in [0.2, 0.25) is 10.0 Å². The largest absolute Gasteiger partial charge is 0.386 e. The monoisotopic (exact) mass is 450 g/mol. The fourth-order valence-electron chi connectivity index (χ4n) is 3.48. The Morgan fingerprint density at radius 2 is 2.00 bits per heavy atom. The molecular formula is C19H20Cl2N6OS. The fourth-order valence-corrected chi connectivity index (χ4v) is 4.81. The second kappa shape index (κ2) is 8.31. The van der Waals surface area contributed by atoms with E-state index >= 15 is 0 Å². The van der Waals surface area contributed by atoms with Gasteiger partial charge in [-0.15, -0.1) is 11.3 Å². The van der Waals surface area contributed by atoms with E-state index < -0.39 is 5.91 Å². The Kier molecular flexibility index (Phi) is 5.78. The Balaban J connectivity index is 1.90. The average molecular weight is 451 g/mol. The van der Waals surface area contributed by atoms with Crippen molar-refractivity contribution in [3.8, 4) is 11.3 Å². The molecule has 0 unspecified atom stereocenters. The number of aromatic nitrogens is 2.